The average Bonchev–Trinajstić information content (AvgIpc) is 2.91. The minimum Gasteiger partial charge on any atom is -0.503 e. The van der Waals surface area contributed by atoms with Gasteiger partial charge in [0, 0.05) is 29.3 Å². The molecule has 0 fully saturated rings. The number of rotatable bonds is 11. The van der Waals surface area contributed by atoms with Crippen LogP contribution >= 0.6 is 0 Å². The van der Waals surface area contributed by atoms with Gasteiger partial charge in [-0.15, -0.1) is 0 Å². The summed E-state index contributed by atoms with van der Waals surface area (Å²) in [5.74, 6) is 2.19. The zero-order chi connectivity index (χ0) is 27.8. The van der Waals surface area contributed by atoms with Crippen LogP contribution in [0.2, 0.25) is 0 Å². The van der Waals surface area contributed by atoms with Gasteiger partial charge in [0.2, 0.25) is 5.75 Å². The number of nitrogens with two attached hydrogens (primary N) is 1. The highest BCUT2D eigenvalue weighted by Crippen LogP contribution is 2.40. The average molecular weight is 523 g/mol. The molecule has 9 nitrogen and oxygen atoms in total. The van der Waals surface area contributed by atoms with Crippen molar-refractivity contribution in [1.82, 2.24) is 0 Å². The largest absolute Gasteiger partial charge is 0.503 e. The Hall–Kier alpha value is -4.53. The molecule has 0 saturated heterocycles. The van der Waals surface area contributed by atoms with Gasteiger partial charge in [0.1, 0.15) is 5.76 Å². The molecule has 1 atom stereocenters. The number of phenols is 1. The van der Waals surface area contributed by atoms with Crippen LogP contribution in [0.5, 0.6) is 28.7 Å². The number of allylic oxidation sites excluding steroid dienone is 4. The zero-order valence-electron chi connectivity index (χ0n) is 22.5. The molecule has 0 spiro atoms. The Bertz CT molecular complexity index is 1280. The summed E-state index contributed by atoms with van der Waals surface area (Å²) in [7, 11) is 7.67. The van der Waals surface area contributed by atoms with E-state index in [-0.39, 0.29) is 23.2 Å². The third-order valence-corrected chi connectivity index (χ3v) is 6.12. The Morgan fingerprint density at radius 3 is 2.18 bits per heavy atom. The molecule has 0 bridgehead atoms. The SMILES string of the molecule is COC1=C(N)C=C(C(=O)/C=C\Nc2c(/C=C\c3cc(OC)c(OC)c(OC)c3)ccc(OC)c2O)CC1C. The Morgan fingerprint density at radius 1 is 0.974 bits per heavy atom. The predicted octanol–water partition coefficient (Wildman–Crippen LogP) is 4.87. The first-order valence-corrected chi connectivity index (χ1v) is 11.9. The number of nitrogens with one attached hydrogen (secondary N) is 1. The molecule has 1 aliphatic carbocycles. The van der Waals surface area contributed by atoms with E-state index in [0.29, 0.717) is 51.9 Å². The number of hydrogen-bond acceptors (Lipinski definition) is 9. The van der Waals surface area contributed by atoms with Crippen LogP contribution in [0.15, 0.2) is 59.6 Å². The number of carbonyl (C=O) groups is 1. The molecule has 0 aliphatic heterocycles. The van der Waals surface area contributed by atoms with Gasteiger partial charge in [0.25, 0.3) is 0 Å². The van der Waals surface area contributed by atoms with Crippen LogP contribution in [-0.2, 0) is 9.53 Å². The van der Waals surface area contributed by atoms with Crippen LogP contribution in [0.1, 0.15) is 24.5 Å². The number of methoxy groups -OCH3 is 5. The summed E-state index contributed by atoms with van der Waals surface area (Å²) in [6, 6.07) is 7.05. The molecule has 2 aromatic carbocycles. The number of aromatic hydroxyl groups is 1. The van der Waals surface area contributed by atoms with E-state index in [2.05, 4.69) is 5.32 Å². The van der Waals surface area contributed by atoms with Gasteiger partial charge in [-0.1, -0.05) is 19.1 Å². The number of benzene rings is 2. The van der Waals surface area contributed by atoms with Gasteiger partial charge < -0.3 is 39.8 Å². The van der Waals surface area contributed by atoms with Crippen LogP contribution in [0, 0.1) is 5.92 Å². The molecule has 4 N–H and O–H groups in total. The van der Waals surface area contributed by atoms with Crippen molar-refractivity contribution < 1.29 is 33.6 Å². The fraction of sp³-hybridized carbons (Fsp3) is 0.276. The molecule has 1 unspecified atom stereocenters. The van der Waals surface area contributed by atoms with Crippen LogP contribution in [0.25, 0.3) is 12.2 Å². The first kappa shape index (κ1) is 28.0. The highest BCUT2D eigenvalue weighted by atomic mass is 16.5. The van der Waals surface area contributed by atoms with E-state index in [4.69, 9.17) is 29.4 Å². The van der Waals surface area contributed by atoms with E-state index in [0.717, 1.165) is 5.56 Å². The molecular weight excluding hydrogens is 488 g/mol. The van der Waals surface area contributed by atoms with Crippen LogP contribution in [0.3, 0.4) is 0 Å². The minimum atomic E-state index is -0.195. The molecule has 0 amide bonds. The number of ketones is 1. The van der Waals surface area contributed by atoms with E-state index in [1.54, 1.807) is 64.9 Å². The maximum Gasteiger partial charge on any atom is 0.203 e. The normalized spacial score (nSPS) is 15.4. The van der Waals surface area contributed by atoms with Gasteiger partial charge in [-0.3, -0.25) is 4.79 Å². The molecule has 0 saturated carbocycles. The van der Waals surface area contributed by atoms with E-state index in [1.165, 1.54) is 19.4 Å². The van der Waals surface area contributed by atoms with Gasteiger partial charge in [-0.05, 0) is 42.3 Å². The number of anilines is 1. The van der Waals surface area contributed by atoms with Crippen molar-refractivity contribution in [3.8, 4) is 28.7 Å². The lowest BCUT2D eigenvalue weighted by molar-refractivity contribution is -0.111. The summed E-state index contributed by atoms with van der Waals surface area (Å²) in [5, 5.41) is 13.8. The van der Waals surface area contributed by atoms with Crippen molar-refractivity contribution >= 4 is 23.6 Å². The fourth-order valence-corrected chi connectivity index (χ4v) is 4.25. The molecule has 38 heavy (non-hydrogen) atoms. The molecule has 0 aromatic heterocycles. The molecular formula is C29H34N2O7. The predicted molar refractivity (Wildman–Crippen MR) is 148 cm³/mol. The van der Waals surface area contributed by atoms with Gasteiger partial charge in [0.05, 0.1) is 46.9 Å². The smallest absolute Gasteiger partial charge is 0.203 e. The first-order valence-electron chi connectivity index (χ1n) is 11.9. The summed E-state index contributed by atoms with van der Waals surface area (Å²) in [5.41, 5.74) is 8.86. The molecule has 3 rings (SSSR count). The number of carbonyl (C=O) groups excluding carboxylic acids is 1. The minimum absolute atomic E-state index is 0.000295. The summed E-state index contributed by atoms with van der Waals surface area (Å²) in [6.45, 7) is 1.95. The third kappa shape index (κ3) is 6.05. The van der Waals surface area contributed by atoms with Crippen LogP contribution in [0.4, 0.5) is 5.69 Å². The summed E-state index contributed by atoms with van der Waals surface area (Å²) < 4.78 is 26.8. The highest BCUT2D eigenvalue weighted by Gasteiger charge is 2.22. The Labute approximate surface area is 222 Å². The van der Waals surface area contributed by atoms with Gasteiger partial charge in [-0.25, -0.2) is 0 Å². The van der Waals surface area contributed by atoms with Crippen molar-refractivity contribution in [3.63, 3.8) is 0 Å². The Morgan fingerprint density at radius 2 is 1.63 bits per heavy atom. The second kappa shape index (κ2) is 12.6. The maximum absolute atomic E-state index is 12.8. The Balaban J connectivity index is 1.89. The monoisotopic (exact) mass is 522 g/mol. The topological polar surface area (TPSA) is 122 Å². The zero-order valence-corrected chi connectivity index (χ0v) is 22.5. The summed E-state index contributed by atoms with van der Waals surface area (Å²) in [6.07, 6.45) is 8.67. The van der Waals surface area contributed by atoms with Gasteiger partial charge in [-0.2, -0.15) is 0 Å². The van der Waals surface area contributed by atoms with Gasteiger partial charge in [0.15, 0.2) is 28.8 Å². The van der Waals surface area contributed by atoms with Gasteiger partial charge >= 0.3 is 0 Å². The molecule has 0 heterocycles. The maximum atomic E-state index is 12.8. The second-order valence-corrected chi connectivity index (χ2v) is 8.51. The molecule has 1 aliphatic rings. The lowest BCUT2D eigenvalue weighted by Gasteiger charge is -2.21. The van der Waals surface area contributed by atoms with E-state index < -0.39 is 0 Å². The van der Waals surface area contributed by atoms with Crippen molar-refractivity contribution in [1.29, 1.82) is 0 Å². The molecule has 0 radical (unpaired) electrons. The fourth-order valence-electron chi connectivity index (χ4n) is 4.25. The standard InChI is InChI=1S/C29H34N2O7/c1-17-13-20(16-21(30)28(17)37-5)22(32)11-12-31-26-19(9-10-23(34-2)27(26)33)8-7-18-14-24(35-3)29(38-6)25(15-18)36-4/h7-12,14-17,31,33H,13,30H2,1-6H3/b8-7-,12-11-. The second-order valence-electron chi connectivity index (χ2n) is 8.51. The van der Waals surface area contributed by atoms with Crippen molar-refractivity contribution in [2.24, 2.45) is 11.7 Å². The molecule has 9 heteroatoms. The Kier molecular flexibility index (Phi) is 9.32. The van der Waals surface area contributed by atoms with E-state index >= 15 is 0 Å². The summed E-state index contributed by atoms with van der Waals surface area (Å²) in [4.78, 5) is 12.8. The van der Waals surface area contributed by atoms with Crippen molar-refractivity contribution in [3.05, 3.63) is 70.8 Å². The molecule has 2 aromatic rings. The quantitative estimate of drug-likeness (QED) is 0.215. The third-order valence-electron chi connectivity index (χ3n) is 6.12. The number of ether oxygens (including phenoxy) is 5. The van der Waals surface area contributed by atoms with Crippen molar-refractivity contribution in [2.75, 3.05) is 40.9 Å². The summed E-state index contributed by atoms with van der Waals surface area (Å²) >= 11 is 0. The van der Waals surface area contributed by atoms with E-state index in [1.807, 2.05) is 13.0 Å². The lowest BCUT2D eigenvalue weighted by atomic mass is 9.90. The van der Waals surface area contributed by atoms with Crippen molar-refractivity contribution in [2.45, 2.75) is 13.3 Å². The van der Waals surface area contributed by atoms with Crippen LogP contribution < -0.4 is 30.0 Å². The van der Waals surface area contributed by atoms with E-state index in [9.17, 15) is 9.90 Å². The lowest BCUT2D eigenvalue weighted by Crippen LogP contribution is -2.18. The highest BCUT2D eigenvalue weighted by molar-refractivity contribution is 6.04. The molecule has 202 valence electrons. The number of phenolic OH excluding ortho intramolecular Hbond substituents is 1. The number of hydrogen-bond donors (Lipinski definition) is 3. The first-order chi connectivity index (χ1) is 18.3. The van der Waals surface area contributed by atoms with Crippen LogP contribution in [-0.4, -0.2) is 46.4 Å².